The topological polar surface area (TPSA) is 15.8 Å². The maximum Gasteiger partial charge on any atom is 0.103 e. The first-order chi connectivity index (χ1) is 6.81. The van der Waals surface area contributed by atoms with Gasteiger partial charge in [0.15, 0.2) is 0 Å². The van der Waals surface area contributed by atoms with Crippen molar-refractivity contribution in [1.82, 2.24) is 4.98 Å². The molecule has 1 heterocycles. The minimum atomic E-state index is 0.773. The SMILES string of the molecule is CC=Cc1cccc2[nH]c(=S)ccc12. The largest absolute Gasteiger partial charge is 0.346 e. The molecule has 0 amide bonds. The molecule has 2 heteroatoms. The van der Waals surface area contributed by atoms with Crippen LogP contribution in [0.2, 0.25) is 0 Å². The van der Waals surface area contributed by atoms with E-state index in [0.717, 1.165) is 10.2 Å². The second kappa shape index (κ2) is 3.76. The van der Waals surface area contributed by atoms with E-state index < -0.39 is 0 Å². The maximum atomic E-state index is 5.07. The lowest BCUT2D eigenvalue weighted by molar-refractivity contribution is 1.38. The van der Waals surface area contributed by atoms with Gasteiger partial charge in [0.25, 0.3) is 0 Å². The van der Waals surface area contributed by atoms with Crippen molar-refractivity contribution in [1.29, 1.82) is 0 Å². The van der Waals surface area contributed by atoms with Crippen LogP contribution in [-0.2, 0) is 0 Å². The van der Waals surface area contributed by atoms with Gasteiger partial charge in [-0.1, -0.05) is 36.5 Å². The lowest BCUT2D eigenvalue weighted by atomic mass is 10.1. The predicted octanol–water partition coefficient (Wildman–Crippen LogP) is 3.93. The molecule has 0 radical (unpaired) electrons. The van der Waals surface area contributed by atoms with E-state index in [0.29, 0.717) is 0 Å². The van der Waals surface area contributed by atoms with Crippen LogP contribution in [0, 0.1) is 4.64 Å². The van der Waals surface area contributed by atoms with Crippen molar-refractivity contribution in [2.75, 3.05) is 0 Å². The summed E-state index contributed by atoms with van der Waals surface area (Å²) in [4.78, 5) is 3.17. The van der Waals surface area contributed by atoms with Crippen molar-refractivity contribution in [3.63, 3.8) is 0 Å². The van der Waals surface area contributed by atoms with Gasteiger partial charge in [0.2, 0.25) is 0 Å². The molecule has 1 aromatic heterocycles. The number of aromatic nitrogens is 1. The molecule has 0 unspecified atom stereocenters. The van der Waals surface area contributed by atoms with Crippen LogP contribution in [0.25, 0.3) is 17.0 Å². The van der Waals surface area contributed by atoms with Crippen LogP contribution in [0.3, 0.4) is 0 Å². The minimum Gasteiger partial charge on any atom is -0.346 e. The summed E-state index contributed by atoms with van der Waals surface area (Å²) >= 11 is 5.07. The third-order valence-corrected chi connectivity index (χ3v) is 2.38. The molecule has 2 aromatic rings. The minimum absolute atomic E-state index is 0.773. The Morgan fingerprint density at radius 3 is 2.86 bits per heavy atom. The van der Waals surface area contributed by atoms with Crippen molar-refractivity contribution in [2.24, 2.45) is 0 Å². The first-order valence-corrected chi connectivity index (χ1v) is 4.97. The van der Waals surface area contributed by atoms with Crippen molar-refractivity contribution in [3.05, 3.63) is 46.6 Å². The quantitative estimate of drug-likeness (QED) is 0.691. The summed E-state index contributed by atoms with van der Waals surface area (Å²) in [5.74, 6) is 0. The summed E-state index contributed by atoms with van der Waals surface area (Å²) in [6.07, 6.45) is 4.13. The molecule has 0 spiro atoms. The summed E-state index contributed by atoms with van der Waals surface area (Å²) < 4.78 is 0.773. The number of allylic oxidation sites excluding steroid dienone is 1. The molecule has 1 N–H and O–H groups in total. The van der Waals surface area contributed by atoms with Gasteiger partial charge in [-0.3, -0.25) is 0 Å². The highest BCUT2D eigenvalue weighted by Gasteiger charge is 1.96. The van der Waals surface area contributed by atoms with Gasteiger partial charge in [-0.05, 0) is 30.7 Å². The Balaban J connectivity index is 2.81. The van der Waals surface area contributed by atoms with E-state index in [9.17, 15) is 0 Å². The zero-order chi connectivity index (χ0) is 9.97. The molecule has 0 aliphatic heterocycles. The van der Waals surface area contributed by atoms with Crippen molar-refractivity contribution in [2.45, 2.75) is 6.92 Å². The van der Waals surface area contributed by atoms with Crippen LogP contribution in [0.1, 0.15) is 12.5 Å². The highest BCUT2D eigenvalue weighted by atomic mass is 32.1. The second-order valence-electron chi connectivity index (χ2n) is 3.13. The van der Waals surface area contributed by atoms with Crippen LogP contribution >= 0.6 is 12.2 Å². The highest BCUT2D eigenvalue weighted by Crippen LogP contribution is 2.17. The number of H-pyrrole nitrogens is 1. The first-order valence-electron chi connectivity index (χ1n) is 4.56. The van der Waals surface area contributed by atoms with E-state index in [1.165, 1.54) is 10.9 Å². The number of rotatable bonds is 1. The molecule has 14 heavy (non-hydrogen) atoms. The van der Waals surface area contributed by atoms with Crippen LogP contribution < -0.4 is 0 Å². The Morgan fingerprint density at radius 2 is 2.07 bits per heavy atom. The summed E-state index contributed by atoms with van der Waals surface area (Å²) in [6.45, 7) is 2.02. The number of fused-ring (bicyclic) bond motifs is 1. The molecule has 1 aromatic carbocycles. The Hall–Kier alpha value is -1.41. The van der Waals surface area contributed by atoms with E-state index in [1.807, 2.05) is 31.2 Å². The van der Waals surface area contributed by atoms with Gasteiger partial charge in [0.05, 0.1) is 0 Å². The normalized spacial score (nSPS) is 11.2. The van der Waals surface area contributed by atoms with Gasteiger partial charge in [0, 0.05) is 10.9 Å². The number of aromatic amines is 1. The van der Waals surface area contributed by atoms with E-state index in [4.69, 9.17) is 12.2 Å². The number of hydrogen-bond donors (Lipinski definition) is 1. The number of hydrogen-bond acceptors (Lipinski definition) is 1. The van der Waals surface area contributed by atoms with Crippen LogP contribution in [0.15, 0.2) is 36.4 Å². The van der Waals surface area contributed by atoms with Crippen molar-refractivity contribution < 1.29 is 0 Å². The molecular formula is C12H11NS. The monoisotopic (exact) mass is 201 g/mol. The molecular weight excluding hydrogens is 190 g/mol. The molecule has 0 saturated heterocycles. The molecule has 0 saturated carbocycles. The molecule has 0 bridgehead atoms. The average Bonchev–Trinajstić information content (AvgIpc) is 2.18. The molecule has 2 rings (SSSR count). The van der Waals surface area contributed by atoms with Gasteiger partial charge in [-0.2, -0.15) is 0 Å². The molecule has 0 aliphatic carbocycles. The number of pyridine rings is 1. The zero-order valence-electron chi connectivity index (χ0n) is 7.95. The summed E-state index contributed by atoms with van der Waals surface area (Å²) in [7, 11) is 0. The third kappa shape index (κ3) is 1.61. The van der Waals surface area contributed by atoms with Gasteiger partial charge in [-0.15, -0.1) is 0 Å². The third-order valence-electron chi connectivity index (χ3n) is 2.15. The van der Waals surface area contributed by atoms with Gasteiger partial charge in [-0.25, -0.2) is 0 Å². The summed E-state index contributed by atoms with van der Waals surface area (Å²) in [6, 6.07) is 10.1. The molecule has 0 fully saturated rings. The zero-order valence-corrected chi connectivity index (χ0v) is 8.77. The molecule has 0 atom stereocenters. The summed E-state index contributed by atoms with van der Waals surface area (Å²) in [5, 5.41) is 1.21. The molecule has 1 nitrogen and oxygen atoms in total. The lowest BCUT2D eigenvalue weighted by Gasteiger charge is -2.01. The Labute approximate surface area is 88.1 Å². The lowest BCUT2D eigenvalue weighted by Crippen LogP contribution is -1.81. The van der Waals surface area contributed by atoms with Crippen molar-refractivity contribution in [3.8, 4) is 0 Å². The standard InChI is InChI=1S/C12H11NS/c1-2-4-9-5-3-6-11-10(9)7-8-12(14)13-11/h2-8H,1H3,(H,13,14). The first kappa shape index (κ1) is 9.16. The van der Waals surface area contributed by atoms with Crippen LogP contribution in [0.4, 0.5) is 0 Å². The van der Waals surface area contributed by atoms with Gasteiger partial charge >= 0.3 is 0 Å². The van der Waals surface area contributed by atoms with Crippen molar-refractivity contribution >= 4 is 29.2 Å². The molecule has 0 aliphatic rings. The van der Waals surface area contributed by atoms with E-state index >= 15 is 0 Å². The highest BCUT2D eigenvalue weighted by molar-refractivity contribution is 7.71. The number of nitrogens with one attached hydrogen (secondary N) is 1. The Morgan fingerprint density at radius 1 is 1.21 bits per heavy atom. The molecule has 70 valence electrons. The van der Waals surface area contributed by atoms with Crippen LogP contribution in [0.5, 0.6) is 0 Å². The van der Waals surface area contributed by atoms with Crippen LogP contribution in [-0.4, -0.2) is 4.98 Å². The summed E-state index contributed by atoms with van der Waals surface area (Å²) in [5.41, 5.74) is 2.31. The number of benzene rings is 1. The fraction of sp³-hybridized carbons (Fsp3) is 0.0833. The van der Waals surface area contributed by atoms with Gasteiger partial charge in [0.1, 0.15) is 4.64 Å². The smallest absolute Gasteiger partial charge is 0.103 e. The van der Waals surface area contributed by atoms with E-state index in [2.05, 4.69) is 23.2 Å². The maximum absolute atomic E-state index is 5.07. The fourth-order valence-electron chi connectivity index (χ4n) is 1.54. The predicted molar refractivity (Wildman–Crippen MR) is 63.8 cm³/mol. The van der Waals surface area contributed by atoms with E-state index in [-0.39, 0.29) is 0 Å². The van der Waals surface area contributed by atoms with E-state index in [1.54, 1.807) is 0 Å². The fourth-order valence-corrected chi connectivity index (χ4v) is 1.71. The Kier molecular flexibility index (Phi) is 2.46. The second-order valence-corrected chi connectivity index (χ2v) is 3.57. The van der Waals surface area contributed by atoms with Gasteiger partial charge < -0.3 is 4.98 Å². The Bertz CT molecular complexity index is 537. The average molecular weight is 201 g/mol.